The van der Waals surface area contributed by atoms with Crippen LogP contribution in [0.2, 0.25) is 0 Å². The van der Waals surface area contributed by atoms with E-state index in [0.717, 1.165) is 11.3 Å². The predicted octanol–water partition coefficient (Wildman–Crippen LogP) is 4.30. The molecular formula is C24H27N5O2S. The Labute approximate surface area is 192 Å². The summed E-state index contributed by atoms with van der Waals surface area (Å²) >= 11 is 1.29. The van der Waals surface area contributed by atoms with E-state index in [2.05, 4.69) is 27.4 Å². The number of nitrogens with zero attached hydrogens (tertiary/aromatic N) is 3. The van der Waals surface area contributed by atoms with Crippen LogP contribution >= 0.6 is 11.8 Å². The summed E-state index contributed by atoms with van der Waals surface area (Å²) in [5, 5.41) is 15.0. The maximum absolute atomic E-state index is 12.5. The van der Waals surface area contributed by atoms with Crippen LogP contribution in [0.3, 0.4) is 0 Å². The second-order valence-corrected chi connectivity index (χ2v) is 8.38. The lowest BCUT2D eigenvalue weighted by molar-refractivity contribution is -0.113. The number of hydrogen-bond donors (Lipinski definition) is 2. The Morgan fingerprint density at radius 1 is 1.12 bits per heavy atom. The maximum Gasteiger partial charge on any atom is 0.251 e. The van der Waals surface area contributed by atoms with Gasteiger partial charge < -0.3 is 15.2 Å². The Kier molecular flexibility index (Phi) is 7.83. The highest BCUT2D eigenvalue weighted by molar-refractivity contribution is 7.99. The molecule has 2 N–H and O–H groups in total. The number of amides is 2. The topological polar surface area (TPSA) is 88.9 Å². The van der Waals surface area contributed by atoms with Gasteiger partial charge >= 0.3 is 0 Å². The minimum Gasteiger partial charge on any atom is -0.342 e. The number of anilines is 1. The third-order valence-electron chi connectivity index (χ3n) is 4.95. The average molecular weight is 450 g/mol. The van der Waals surface area contributed by atoms with Gasteiger partial charge in [-0.15, -0.1) is 16.8 Å². The van der Waals surface area contributed by atoms with Gasteiger partial charge in [0.05, 0.1) is 11.8 Å². The molecule has 1 atom stereocenters. The number of aromatic nitrogens is 3. The van der Waals surface area contributed by atoms with Gasteiger partial charge in [-0.05, 0) is 56.2 Å². The molecule has 2 aromatic carbocycles. The summed E-state index contributed by atoms with van der Waals surface area (Å²) < 4.78 is 1.86. The molecule has 0 radical (unpaired) electrons. The Hall–Kier alpha value is -3.39. The quantitative estimate of drug-likeness (QED) is 0.376. The number of allylic oxidation sites excluding steroid dienone is 1. The molecule has 166 valence electrons. The summed E-state index contributed by atoms with van der Waals surface area (Å²) in [7, 11) is 0. The molecule has 0 aliphatic carbocycles. The third-order valence-corrected chi connectivity index (χ3v) is 5.92. The van der Waals surface area contributed by atoms with Crippen LogP contribution in [0.4, 0.5) is 5.69 Å². The lowest BCUT2D eigenvalue weighted by atomic mass is 10.1. The molecule has 0 saturated heterocycles. The zero-order valence-corrected chi connectivity index (χ0v) is 19.3. The number of rotatable bonds is 9. The monoisotopic (exact) mass is 449 g/mol. The maximum atomic E-state index is 12.5. The van der Waals surface area contributed by atoms with Crippen LogP contribution in [0.15, 0.2) is 66.3 Å². The largest absolute Gasteiger partial charge is 0.342 e. The molecule has 0 spiro atoms. The van der Waals surface area contributed by atoms with E-state index in [0.29, 0.717) is 23.1 Å². The Bertz CT molecular complexity index is 1110. The van der Waals surface area contributed by atoms with Gasteiger partial charge in [-0.25, -0.2) is 0 Å². The second kappa shape index (κ2) is 10.8. The first-order valence-corrected chi connectivity index (χ1v) is 11.3. The molecule has 0 fully saturated rings. The molecule has 2 amide bonds. The van der Waals surface area contributed by atoms with Crippen molar-refractivity contribution in [1.29, 1.82) is 0 Å². The van der Waals surface area contributed by atoms with E-state index >= 15 is 0 Å². The van der Waals surface area contributed by atoms with Crippen molar-refractivity contribution in [3.05, 3.63) is 83.7 Å². The molecule has 7 nitrogen and oxygen atoms in total. The molecule has 8 heteroatoms. The van der Waals surface area contributed by atoms with Crippen LogP contribution in [0.25, 0.3) is 0 Å². The Morgan fingerprint density at radius 2 is 1.88 bits per heavy atom. The third kappa shape index (κ3) is 5.85. The first-order valence-electron chi connectivity index (χ1n) is 10.3. The fraction of sp³-hybridized carbons (Fsp3) is 0.250. The van der Waals surface area contributed by atoms with Crippen molar-refractivity contribution < 1.29 is 9.59 Å². The molecule has 1 heterocycles. The van der Waals surface area contributed by atoms with Crippen molar-refractivity contribution >= 4 is 29.3 Å². The SMILES string of the molecule is C=CCn1c(SCC(=O)Nc2ccc(C)c(C)c2)nnc1[C@H](C)NC(=O)c1ccccc1. The first-order chi connectivity index (χ1) is 15.4. The molecule has 0 aliphatic heterocycles. The van der Waals surface area contributed by atoms with E-state index < -0.39 is 0 Å². The highest BCUT2D eigenvalue weighted by Crippen LogP contribution is 2.22. The van der Waals surface area contributed by atoms with Gasteiger partial charge in [-0.1, -0.05) is 42.1 Å². The van der Waals surface area contributed by atoms with Crippen LogP contribution in [0.1, 0.15) is 40.3 Å². The Balaban J connectivity index is 1.65. The highest BCUT2D eigenvalue weighted by Gasteiger charge is 2.20. The summed E-state index contributed by atoms with van der Waals surface area (Å²) in [6.45, 7) is 10.2. The van der Waals surface area contributed by atoms with Gasteiger partial charge in [0.25, 0.3) is 5.91 Å². The number of carbonyl (C=O) groups excluding carboxylic acids is 2. The molecule has 0 aliphatic rings. The Morgan fingerprint density at radius 3 is 2.56 bits per heavy atom. The smallest absolute Gasteiger partial charge is 0.251 e. The second-order valence-electron chi connectivity index (χ2n) is 7.44. The van der Waals surface area contributed by atoms with Crippen LogP contribution in [0.5, 0.6) is 0 Å². The van der Waals surface area contributed by atoms with Crippen molar-refractivity contribution in [2.45, 2.75) is 38.5 Å². The number of hydrogen-bond acceptors (Lipinski definition) is 5. The van der Waals surface area contributed by atoms with Gasteiger partial charge in [0, 0.05) is 17.8 Å². The summed E-state index contributed by atoms with van der Waals surface area (Å²) in [6.07, 6.45) is 1.73. The number of thioether (sulfide) groups is 1. The number of benzene rings is 2. The van der Waals surface area contributed by atoms with Gasteiger partial charge in [0.2, 0.25) is 5.91 Å². The number of aryl methyl sites for hydroxylation is 2. The zero-order valence-electron chi connectivity index (χ0n) is 18.5. The average Bonchev–Trinajstić information content (AvgIpc) is 3.18. The molecule has 3 aromatic rings. The highest BCUT2D eigenvalue weighted by atomic mass is 32.2. The van der Waals surface area contributed by atoms with E-state index in [4.69, 9.17) is 0 Å². The van der Waals surface area contributed by atoms with E-state index in [1.165, 1.54) is 17.3 Å². The van der Waals surface area contributed by atoms with Gasteiger partial charge in [-0.2, -0.15) is 0 Å². The predicted molar refractivity (Wildman–Crippen MR) is 128 cm³/mol. The van der Waals surface area contributed by atoms with E-state index in [-0.39, 0.29) is 23.6 Å². The summed E-state index contributed by atoms with van der Waals surface area (Å²) in [4.78, 5) is 24.9. The summed E-state index contributed by atoms with van der Waals surface area (Å²) in [5.41, 5.74) is 3.64. The standard InChI is InChI=1S/C24H27N5O2S/c1-5-13-29-22(18(4)25-23(31)19-9-7-6-8-10-19)27-28-24(29)32-15-21(30)26-20-12-11-16(2)17(3)14-20/h5-12,14,18H,1,13,15H2,2-4H3,(H,25,31)(H,26,30)/t18-/m0/s1. The molecule has 0 saturated carbocycles. The summed E-state index contributed by atoms with van der Waals surface area (Å²) in [6, 6.07) is 14.5. The van der Waals surface area contributed by atoms with Gasteiger partial charge in [-0.3, -0.25) is 9.59 Å². The fourth-order valence-corrected chi connectivity index (χ4v) is 3.86. The van der Waals surface area contributed by atoms with Crippen molar-refractivity contribution in [1.82, 2.24) is 20.1 Å². The number of carbonyl (C=O) groups is 2. The minimum absolute atomic E-state index is 0.126. The van der Waals surface area contributed by atoms with E-state index in [1.54, 1.807) is 18.2 Å². The van der Waals surface area contributed by atoms with Crippen LogP contribution in [-0.2, 0) is 11.3 Å². The summed E-state index contributed by atoms with van der Waals surface area (Å²) in [5.74, 6) is 0.477. The van der Waals surface area contributed by atoms with Crippen LogP contribution in [-0.4, -0.2) is 32.3 Å². The first kappa shape index (κ1) is 23.3. The molecule has 0 bridgehead atoms. The van der Waals surface area contributed by atoms with Crippen molar-refractivity contribution in [3.63, 3.8) is 0 Å². The molecule has 1 aromatic heterocycles. The fourth-order valence-electron chi connectivity index (χ4n) is 3.11. The molecule has 32 heavy (non-hydrogen) atoms. The van der Waals surface area contributed by atoms with Crippen molar-refractivity contribution in [3.8, 4) is 0 Å². The lowest BCUT2D eigenvalue weighted by Gasteiger charge is -2.15. The lowest BCUT2D eigenvalue weighted by Crippen LogP contribution is -2.28. The van der Waals surface area contributed by atoms with Gasteiger partial charge in [0.15, 0.2) is 11.0 Å². The molecule has 0 unspecified atom stereocenters. The van der Waals surface area contributed by atoms with Crippen LogP contribution < -0.4 is 10.6 Å². The van der Waals surface area contributed by atoms with Gasteiger partial charge in [0.1, 0.15) is 0 Å². The van der Waals surface area contributed by atoms with Crippen molar-refractivity contribution in [2.75, 3.05) is 11.1 Å². The number of nitrogens with one attached hydrogen (secondary N) is 2. The van der Waals surface area contributed by atoms with Crippen molar-refractivity contribution in [2.24, 2.45) is 0 Å². The molecule has 3 rings (SSSR count). The minimum atomic E-state index is -0.367. The van der Waals surface area contributed by atoms with E-state index in [9.17, 15) is 9.59 Å². The van der Waals surface area contributed by atoms with Crippen LogP contribution in [0, 0.1) is 13.8 Å². The van der Waals surface area contributed by atoms with E-state index in [1.807, 2.05) is 61.7 Å². The normalized spacial score (nSPS) is 11.6. The zero-order chi connectivity index (χ0) is 23.1. The molecular weight excluding hydrogens is 422 g/mol.